The molecule has 31 heavy (non-hydrogen) atoms. The maximum absolute atomic E-state index is 9.80. The lowest BCUT2D eigenvalue weighted by molar-refractivity contribution is 0.160. The molecule has 0 aliphatic carbocycles. The molecular weight excluding hydrogens is 388 g/mol. The quantitative estimate of drug-likeness (QED) is 0.435. The highest BCUT2D eigenvalue weighted by atomic mass is 16.5. The first-order valence-corrected chi connectivity index (χ1v) is 10.9. The molecule has 4 heteroatoms. The van der Waals surface area contributed by atoms with Crippen molar-refractivity contribution in [1.82, 2.24) is 0 Å². The molecule has 3 N–H and O–H groups in total. The Bertz CT molecular complexity index is 996. The van der Waals surface area contributed by atoms with Crippen LogP contribution in [0.2, 0.25) is 0 Å². The fraction of sp³-hybridized carbons (Fsp3) is 0.333. The minimum atomic E-state index is -0.234. The van der Waals surface area contributed by atoms with Gasteiger partial charge in [0, 0.05) is 0 Å². The number of ether oxygens (including phenoxy) is 1. The fourth-order valence-electron chi connectivity index (χ4n) is 3.73. The first-order valence-electron chi connectivity index (χ1n) is 10.9. The highest BCUT2D eigenvalue weighted by Gasteiger charge is 2.08. The van der Waals surface area contributed by atoms with E-state index in [1.54, 1.807) is 0 Å². The molecule has 0 saturated carbocycles. The molecule has 0 saturated heterocycles. The average molecular weight is 421 g/mol. The Morgan fingerprint density at radius 3 is 2.35 bits per heavy atom. The van der Waals surface area contributed by atoms with E-state index < -0.39 is 0 Å². The molecule has 0 radical (unpaired) electrons. The van der Waals surface area contributed by atoms with Crippen molar-refractivity contribution in [1.29, 1.82) is 0 Å². The van der Waals surface area contributed by atoms with Gasteiger partial charge < -0.3 is 20.1 Å². The minimum absolute atomic E-state index is 0.0869. The van der Waals surface area contributed by atoms with Crippen molar-refractivity contribution < 1.29 is 20.1 Å². The Morgan fingerprint density at radius 2 is 1.65 bits per heavy atom. The molecule has 0 bridgehead atoms. The molecule has 0 heterocycles. The zero-order valence-electron chi connectivity index (χ0n) is 18.3. The van der Waals surface area contributed by atoms with Crippen LogP contribution in [-0.2, 0) is 26.2 Å². The van der Waals surface area contributed by atoms with Crippen LogP contribution >= 0.6 is 0 Å². The highest BCUT2D eigenvalue weighted by molar-refractivity contribution is 5.69. The van der Waals surface area contributed by atoms with Crippen molar-refractivity contribution >= 4 is 0 Å². The molecule has 1 atom stereocenters. The summed E-state index contributed by atoms with van der Waals surface area (Å²) >= 11 is 0. The summed E-state index contributed by atoms with van der Waals surface area (Å²) in [6.07, 6.45) is 2.22. The number of benzene rings is 3. The fourth-order valence-corrected chi connectivity index (χ4v) is 3.73. The van der Waals surface area contributed by atoms with E-state index in [-0.39, 0.29) is 19.3 Å². The van der Waals surface area contributed by atoms with Crippen molar-refractivity contribution in [3.63, 3.8) is 0 Å². The normalized spacial score (nSPS) is 12.0. The molecular formula is C27H32O4. The molecule has 0 aliphatic heterocycles. The molecule has 3 aromatic carbocycles. The van der Waals surface area contributed by atoms with Crippen molar-refractivity contribution in [3.05, 3.63) is 88.5 Å². The van der Waals surface area contributed by atoms with Gasteiger partial charge in [-0.15, -0.1) is 0 Å². The Kier molecular flexibility index (Phi) is 8.24. The number of aliphatic hydroxyl groups is 3. The van der Waals surface area contributed by atoms with Crippen LogP contribution in [0.5, 0.6) is 5.75 Å². The van der Waals surface area contributed by atoms with E-state index in [0.29, 0.717) is 6.61 Å². The predicted octanol–water partition coefficient (Wildman–Crippen LogP) is 4.93. The lowest BCUT2D eigenvalue weighted by Gasteiger charge is -2.13. The van der Waals surface area contributed by atoms with Gasteiger partial charge in [0.25, 0.3) is 0 Å². The van der Waals surface area contributed by atoms with Gasteiger partial charge >= 0.3 is 0 Å². The first-order chi connectivity index (χ1) is 15.0. The van der Waals surface area contributed by atoms with Gasteiger partial charge in [0.2, 0.25) is 0 Å². The average Bonchev–Trinajstić information content (AvgIpc) is 2.81. The second-order valence-corrected chi connectivity index (χ2v) is 7.99. The number of hydrogen-bond donors (Lipinski definition) is 3. The third-order valence-corrected chi connectivity index (χ3v) is 5.69. The smallest absolute Gasteiger partial charge is 0.120 e. The lowest BCUT2D eigenvalue weighted by atomic mass is 9.96. The molecule has 3 aromatic rings. The van der Waals surface area contributed by atoms with Crippen LogP contribution in [0.25, 0.3) is 11.1 Å². The van der Waals surface area contributed by atoms with Crippen LogP contribution in [0.15, 0.2) is 60.7 Å². The van der Waals surface area contributed by atoms with E-state index in [2.05, 4.69) is 31.2 Å². The second-order valence-electron chi connectivity index (χ2n) is 7.99. The van der Waals surface area contributed by atoms with Gasteiger partial charge in [-0.05, 0) is 83.3 Å². The lowest BCUT2D eigenvalue weighted by Crippen LogP contribution is -2.05. The van der Waals surface area contributed by atoms with Crippen LogP contribution in [0, 0.1) is 6.92 Å². The maximum Gasteiger partial charge on any atom is 0.120 e. The molecule has 0 amide bonds. The summed E-state index contributed by atoms with van der Waals surface area (Å²) in [5, 5.41) is 28.6. The predicted molar refractivity (Wildman–Crippen MR) is 124 cm³/mol. The second kappa shape index (κ2) is 11.1. The Morgan fingerprint density at radius 1 is 0.871 bits per heavy atom. The Hall–Kier alpha value is -2.66. The van der Waals surface area contributed by atoms with Crippen molar-refractivity contribution in [3.8, 4) is 16.9 Å². The van der Waals surface area contributed by atoms with Gasteiger partial charge in [-0.2, -0.15) is 0 Å². The summed E-state index contributed by atoms with van der Waals surface area (Å²) < 4.78 is 6.00. The number of aryl methyl sites for hydroxylation is 2. The Labute approximate surface area is 184 Å². The van der Waals surface area contributed by atoms with Gasteiger partial charge in [-0.25, -0.2) is 0 Å². The van der Waals surface area contributed by atoms with Gasteiger partial charge in [-0.1, -0.05) is 49.4 Å². The van der Waals surface area contributed by atoms with Crippen LogP contribution in [0.1, 0.15) is 47.6 Å². The van der Waals surface area contributed by atoms with E-state index in [0.717, 1.165) is 47.3 Å². The van der Waals surface area contributed by atoms with Crippen molar-refractivity contribution in [2.75, 3.05) is 0 Å². The SMILES string of the molecule is CCC(O)CCc1ccc(-c2cccc(OCc3ccc(CO)c(CO)c3)c2)c(C)c1. The molecule has 0 aromatic heterocycles. The summed E-state index contributed by atoms with van der Waals surface area (Å²) in [4.78, 5) is 0. The third-order valence-electron chi connectivity index (χ3n) is 5.69. The summed E-state index contributed by atoms with van der Waals surface area (Å²) in [5.74, 6) is 0.781. The minimum Gasteiger partial charge on any atom is -0.489 e. The Balaban J connectivity index is 1.70. The van der Waals surface area contributed by atoms with E-state index in [4.69, 9.17) is 4.74 Å². The zero-order chi connectivity index (χ0) is 22.2. The van der Waals surface area contributed by atoms with Gasteiger partial charge in [0.05, 0.1) is 19.3 Å². The number of aliphatic hydroxyl groups excluding tert-OH is 3. The first kappa shape index (κ1) is 23.0. The molecule has 3 rings (SSSR count). The molecule has 0 fully saturated rings. The zero-order valence-corrected chi connectivity index (χ0v) is 18.3. The van der Waals surface area contributed by atoms with E-state index in [9.17, 15) is 15.3 Å². The molecule has 4 nitrogen and oxygen atoms in total. The van der Waals surface area contributed by atoms with Crippen LogP contribution in [0.4, 0.5) is 0 Å². The summed E-state index contributed by atoms with van der Waals surface area (Å²) in [5.41, 5.74) is 7.11. The number of rotatable bonds is 10. The standard InChI is InChI=1S/C27H32O4/c1-3-25(30)11-8-20-9-12-27(19(2)13-20)22-5-4-6-26(15-22)31-18-21-7-10-23(16-28)24(14-21)17-29/h4-7,9-10,12-15,25,28-30H,3,8,11,16-18H2,1-2H3. The summed E-state index contributed by atoms with van der Waals surface area (Å²) in [7, 11) is 0. The largest absolute Gasteiger partial charge is 0.489 e. The van der Waals surface area contributed by atoms with Gasteiger partial charge in [-0.3, -0.25) is 0 Å². The molecule has 164 valence electrons. The highest BCUT2D eigenvalue weighted by Crippen LogP contribution is 2.28. The summed E-state index contributed by atoms with van der Waals surface area (Å²) in [6.45, 7) is 4.31. The van der Waals surface area contributed by atoms with E-state index in [1.165, 1.54) is 16.7 Å². The molecule has 0 spiro atoms. The van der Waals surface area contributed by atoms with Crippen molar-refractivity contribution in [2.45, 2.75) is 59.0 Å². The monoisotopic (exact) mass is 420 g/mol. The third kappa shape index (κ3) is 6.17. The molecule has 0 aliphatic rings. The number of hydrogen-bond acceptors (Lipinski definition) is 4. The van der Waals surface area contributed by atoms with E-state index in [1.807, 2.05) is 43.3 Å². The summed E-state index contributed by atoms with van der Waals surface area (Å²) in [6, 6.07) is 20.1. The topological polar surface area (TPSA) is 69.9 Å². The van der Waals surface area contributed by atoms with Gasteiger partial charge in [0.15, 0.2) is 0 Å². The molecule has 1 unspecified atom stereocenters. The van der Waals surface area contributed by atoms with Crippen LogP contribution in [0.3, 0.4) is 0 Å². The van der Waals surface area contributed by atoms with Crippen LogP contribution < -0.4 is 4.74 Å². The van der Waals surface area contributed by atoms with E-state index >= 15 is 0 Å². The maximum atomic E-state index is 9.80. The van der Waals surface area contributed by atoms with Crippen molar-refractivity contribution in [2.24, 2.45) is 0 Å². The van der Waals surface area contributed by atoms with Crippen LogP contribution in [-0.4, -0.2) is 21.4 Å². The van der Waals surface area contributed by atoms with Gasteiger partial charge in [0.1, 0.15) is 12.4 Å².